The summed E-state index contributed by atoms with van der Waals surface area (Å²) in [5.41, 5.74) is 0. The van der Waals surface area contributed by atoms with E-state index in [1.54, 1.807) is 0 Å². The minimum atomic E-state index is 1.11. The van der Waals surface area contributed by atoms with Gasteiger partial charge in [-0.15, -0.1) is 0 Å². The minimum Gasteiger partial charge on any atom is -0.343 e. The summed E-state index contributed by atoms with van der Waals surface area (Å²) in [6.45, 7) is 4.39. The zero-order valence-electron chi connectivity index (χ0n) is 5.30. The van der Waals surface area contributed by atoms with Crippen LogP contribution in [0.25, 0.3) is 0 Å². The highest BCUT2D eigenvalue weighted by Crippen LogP contribution is 1.97. The van der Waals surface area contributed by atoms with Gasteiger partial charge in [-0.05, 0) is 13.0 Å². The van der Waals surface area contributed by atoms with Gasteiger partial charge in [0.15, 0.2) is 0 Å². The second-order valence-corrected chi connectivity index (χ2v) is 2.01. The Morgan fingerprint density at radius 2 is 2.38 bits per heavy atom. The largest absolute Gasteiger partial charge is 0.343 e. The molecule has 0 amide bonds. The lowest BCUT2D eigenvalue weighted by molar-refractivity contribution is 0.483. The lowest BCUT2D eigenvalue weighted by Gasteiger charge is -2.19. The first-order valence-corrected chi connectivity index (χ1v) is 3.12. The van der Waals surface area contributed by atoms with Crippen molar-refractivity contribution in [1.82, 2.24) is 4.81 Å². The Morgan fingerprint density at radius 3 is 2.75 bits per heavy atom. The number of hydrogen-bond donors (Lipinski definition) is 0. The Morgan fingerprint density at radius 1 is 1.50 bits per heavy atom. The van der Waals surface area contributed by atoms with E-state index < -0.39 is 0 Å². The first-order chi connectivity index (χ1) is 3.93. The third-order valence-electron chi connectivity index (χ3n) is 1.45. The molecule has 0 saturated heterocycles. The standard InChI is InChI=1S/C6H11BN/c1-7-8-5-3-2-4-6-8/h2-3H,4-6H2,1H3. The molecular weight excluding hydrogens is 96.9 g/mol. The van der Waals surface area contributed by atoms with Gasteiger partial charge in [-0.2, -0.15) is 0 Å². The quantitative estimate of drug-likeness (QED) is 0.356. The van der Waals surface area contributed by atoms with Gasteiger partial charge in [-0.3, -0.25) is 0 Å². The van der Waals surface area contributed by atoms with Gasteiger partial charge in [-0.1, -0.05) is 19.0 Å². The van der Waals surface area contributed by atoms with Crippen molar-refractivity contribution in [3.05, 3.63) is 12.2 Å². The number of rotatable bonds is 1. The Bertz CT molecular complexity index is 90.5. The van der Waals surface area contributed by atoms with Crippen molar-refractivity contribution >= 4 is 7.41 Å². The lowest BCUT2D eigenvalue weighted by Crippen LogP contribution is -2.28. The van der Waals surface area contributed by atoms with Crippen molar-refractivity contribution < 1.29 is 0 Å². The van der Waals surface area contributed by atoms with Gasteiger partial charge in [0, 0.05) is 6.54 Å². The van der Waals surface area contributed by atoms with Crippen LogP contribution in [0.5, 0.6) is 0 Å². The molecule has 0 fully saturated rings. The fraction of sp³-hybridized carbons (Fsp3) is 0.667. The summed E-state index contributed by atoms with van der Waals surface area (Å²) in [6, 6.07) is 0. The highest BCUT2D eigenvalue weighted by atomic mass is 15.0. The molecule has 0 aliphatic carbocycles. The Kier molecular flexibility index (Phi) is 2.16. The van der Waals surface area contributed by atoms with Crippen LogP contribution >= 0.6 is 0 Å². The van der Waals surface area contributed by atoms with Crippen molar-refractivity contribution in [2.75, 3.05) is 13.1 Å². The fourth-order valence-corrected chi connectivity index (χ4v) is 0.894. The highest BCUT2D eigenvalue weighted by molar-refractivity contribution is 6.29. The van der Waals surface area contributed by atoms with Gasteiger partial charge in [0.25, 0.3) is 0 Å². The fourth-order valence-electron chi connectivity index (χ4n) is 0.894. The number of hydrogen-bond acceptors (Lipinski definition) is 1. The molecule has 1 radical (unpaired) electrons. The molecule has 2 heteroatoms. The van der Waals surface area contributed by atoms with Gasteiger partial charge in [0.1, 0.15) is 0 Å². The summed E-state index contributed by atoms with van der Waals surface area (Å²) < 4.78 is 0. The van der Waals surface area contributed by atoms with E-state index in [9.17, 15) is 0 Å². The van der Waals surface area contributed by atoms with E-state index in [-0.39, 0.29) is 0 Å². The van der Waals surface area contributed by atoms with E-state index in [4.69, 9.17) is 0 Å². The van der Waals surface area contributed by atoms with Crippen LogP contribution in [0.2, 0.25) is 6.82 Å². The molecule has 0 aromatic heterocycles. The van der Waals surface area contributed by atoms with Gasteiger partial charge < -0.3 is 4.81 Å². The van der Waals surface area contributed by atoms with E-state index in [0.717, 1.165) is 6.54 Å². The van der Waals surface area contributed by atoms with Gasteiger partial charge in [0.2, 0.25) is 7.41 Å². The molecule has 1 nitrogen and oxygen atoms in total. The maximum absolute atomic E-state index is 2.31. The molecule has 8 heavy (non-hydrogen) atoms. The van der Waals surface area contributed by atoms with Gasteiger partial charge in [0.05, 0.1) is 0 Å². The lowest BCUT2D eigenvalue weighted by atomic mass is 9.94. The molecule has 0 spiro atoms. The second-order valence-electron chi connectivity index (χ2n) is 2.01. The monoisotopic (exact) mass is 108 g/mol. The summed E-state index contributed by atoms with van der Waals surface area (Å²) in [7, 11) is 2.14. The van der Waals surface area contributed by atoms with Crippen LogP contribution in [-0.4, -0.2) is 25.3 Å². The molecule has 0 unspecified atom stereocenters. The molecule has 43 valence electrons. The maximum atomic E-state index is 2.31. The van der Waals surface area contributed by atoms with Crippen molar-refractivity contribution in [3.8, 4) is 0 Å². The molecule has 1 rings (SSSR count). The second kappa shape index (κ2) is 2.93. The highest BCUT2D eigenvalue weighted by Gasteiger charge is 2.01. The number of nitrogens with zero attached hydrogens (tertiary/aromatic N) is 1. The van der Waals surface area contributed by atoms with Crippen LogP contribution in [0.4, 0.5) is 0 Å². The molecule has 0 saturated carbocycles. The van der Waals surface area contributed by atoms with Crippen LogP contribution < -0.4 is 0 Å². The van der Waals surface area contributed by atoms with Crippen LogP contribution in [0.1, 0.15) is 6.42 Å². The first-order valence-electron chi connectivity index (χ1n) is 3.12. The molecule has 1 heterocycles. The van der Waals surface area contributed by atoms with Gasteiger partial charge >= 0.3 is 0 Å². The van der Waals surface area contributed by atoms with Gasteiger partial charge in [-0.25, -0.2) is 0 Å². The van der Waals surface area contributed by atoms with Crippen molar-refractivity contribution in [2.24, 2.45) is 0 Å². The van der Waals surface area contributed by atoms with E-state index in [0.29, 0.717) is 0 Å². The zero-order chi connectivity index (χ0) is 5.82. The molecular formula is C6H11BN. The normalized spacial score (nSPS) is 21.1. The molecule has 1 aliphatic heterocycles. The molecule has 0 aromatic rings. The van der Waals surface area contributed by atoms with Crippen LogP contribution in [-0.2, 0) is 0 Å². The van der Waals surface area contributed by atoms with Crippen molar-refractivity contribution in [1.29, 1.82) is 0 Å². The first kappa shape index (κ1) is 5.89. The Labute approximate surface area is 51.6 Å². The Balaban J connectivity index is 2.27. The molecule has 0 N–H and O–H groups in total. The third-order valence-corrected chi connectivity index (χ3v) is 1.45. The van der Waals surface area contributed by atoms with Crippen molar-refractivity contribution in [3.63, 3.8) is 0 Å². The minimum absolute atomic E-state index is 1.11. The van der Waals surface area contributed by atoms with Crippen molar-refractivity contribution in [2.45, 2.75) is 13.2 Å². The van der Waals surface area contributed by atoms with E-state index in [2.05, 4.69) is 31.2 Å². The zero-order valence-corrected chi connectivity index (χ0v) is 5.30. The topological polar surface area (TPSA) is 3.24 Å². The predicted molar refractivity (Wildman–Crippen MR) is 36.9 cm³/mol. The summed E-state index contributed by atoms with van der Waals surface area (Å²) in [5, 5.41) is 0. The average molecular weight is 108 g/mol. The maximum Gasteiger partial charge on any atom is 0.205 e. The molecule has 0 aromatic carbocycles. The molecule has 0 bridgehead atoms. The van der Waals surface area contributed by atoms with Crippen LogP contribution in [0.15, 0.2) is 12.2 Å². The smallest absolute Gasteiger partial charge is 0.205 e. The van der Waals surface area contributed by atoms with E-state index in [1.807, 2.05) is 0 Å². The van der Waals surface area contributed by atoms with Crippen LogP contribution in [0.3, 0.4) is 0 Å². The van der Waals surface area contributed by atoms with E-state index >= 15 is 0 Å². The Hall–Kier alpha value is -0.235. The van der Waals surface area contributed by atoms with Crippen LogP contribution in [0, 0.1) is 0 Å². The molecule has 1 aliphatic rings. The summed E-state index contributed by atoms with van der Waals surface area (Å²) in [4.78, 5) is 2.31. The summed E-state index contributed by atoms with van der Waals surface area (Å²) >= 11 is 0. The summed E-state index contributed by atoms with van der Waals surface area (Å²) in [6.07, 6.45) is 5.66. The SMILES string of the molecule is C[B]N1CC=CCC1. The predicted octanol–water partition coefficient (Wildman–Crippen LogP) is 0.916. The summed E-state index contributed by atoms with van der Waals surface area (Å²) in [5.74, 6) is 0. The third kappa shape index (κ3) is 1.37. The molecule has 0 atom stereocenters. The van der Waals surface area contributed by atoms with E-state index in [1.165, 1.54) is 13.0 Å². The average Bonchev–Trinajstić information content (AvgIpc) is 1.90.